The number of amides is 1. The van der Waals surface area contributed by atoms with Gasteiger partial charge in [-0.15, -0.1) is 23.2 Å². The van der Waals surface area contributed by atoms with E-state index in [4.69, 9.17) is 23.2 Å². The Labute approximate surface area is 93.5 Å². The minimum atomic E-state index is -0.799. The van der Waals surface area contributed by atoms with Crippen LogP contribution in [0.4, 0.5) is 0 Å². The Hall–Kier alpha value is 0.01000. The van der Waals surface area contributed by atoms with Crippen molar-refractivity contribution in [3.05, 3.63) is 0 Å². The molecule has 1 saturated heterocycles. The van der Waals surface area contributed by atoms with Crippen molar-refractivity contribution in [3.63, 3.8) is 0 Å². The van der Waals surface area contributed by atoms with Crippen LogP contribution in [0.25, 0.3) is 0 Å². The zero-order chi connectivity index (χ0) is 10.2. The van der Waals surface area contributed by atoms with Gasteiger partial charge < -0.3 is 10.6 Å². The molecular weight excluding hydrogens is 223 g/mol. The highest BCUT2D eigenvalue weighted by Crippen LogP contribution is 2.53. The Morgan fingerprint density at radius 3 is 2.71 bits per heavy atom. The standard InChI is InChI=1S/C9H14Cl2N2O/c10-9(11)4-7(9)8(14)13-6-2-1-3-12-5-6/h6-7,12H,1-5H2,(H,13,14)/t6-,7-/m0/s1. The number of hydrogen-bond acceptors (Lipinski definition) is 2. The summed E-state index contributed by atoms with van der Waals surface area (Å²) in [6.45, 7) is 1.90. The smallest absolute Gasteiger partial charge is 0.226 e. The van der Waals surface area contributed by atoms with E-state index in [0.29, 0.717) is 6.42 Å². The summed E-state index contributed by atoms with van der Waals surface area (Å²) >= 11 is 11.6. The molecule has 1 amide bonds. The lowest BCUT2D eigenvalue weighted by molar-refractivity contribution is -0.123. The molecule has 5 heteroatoms. The van der Waals surface area contributed by atoms with E-state index in [0.717, 1.165) is 25.9 Å². The summed E-state index contributed by atoms with van der Waals surface area (Å²) in [5, 5.41) is 6.21. The van der Waals surface area contributed by atoms with Crippen molar-refractivity contribution >= 4 is 29.1 Å². The lowest BCUT2D eigenvalue weighted by atomic mass is 10.1. The molecule has 0 aromatic carbocycles. The van der Waals surface area contributed by atoms with Gasteiger partial charge in [-0.1, -0.05) is 0 Å². The van der Waals surface area contributed by atoms with Crippen LogP contribution in [0.2, 0.25) is 0 Å². The molecule has 2 N–H and O–H groups in total. The van der Waals surface area contributed by atoms with Crippen LogP contribution < -0.4 is 10.6 Å². The molecule has 0 spiro atoms. The second-order valence-electron chi connectivity index (χ2n) is 4.07. The summed E-state index contributed by atoms with van der Waals surface area (Å²) in [5.74, 6) is -0.198. The van der Waals surface area contributed by atoms with Crippen LogP contribution in [-0.4, -0.2) is 29.4 Å². The van der Waals surface area contributed by atoms with Crippen LogP contribution in [0.1, 0.15) is 19.3 Å². The third kappa shape index (κ3) is 2.33. The van der Waals surface area contributed by atoms with Gasteiger partial charge in [0.25, 0.3) is 0 Å². The monoisotopic (exact) mass is 236 g/mol. The van der Waals surface area contributed by atoms with E-state index >= 15 is 0 Å². The van der Waals surface area contributed by atoms with Crippen LogP contribution in [0.5, 0.6) is 0 Å². The van der Waals surface area contributed by atoms with Gasteiger partial charge in [-0.05, 0) is 25.8 Å². The minimum Gasteiger partial charge on any atom is -0.352 e. The second kappa shape index (κ2) is 3.87. The van der Waals surface area contributed by atoms with Crippen molar-refractivity contribution in [1.29, 1.82) is 0 Å². The molecule has 80 valence electrons. The third-order valence-corrected chi connectivity index (χ3v) is 3.62. The molecule has 1 heterocycles. The van der Waals surface area contributed by atoms with Crippen molar-refractivity contribution < 1.29 is 4.79 Å². The van der Waals surface area contributed by atoms with Crippen LogP contribution in [-0.2, 0) is 4.79 Å². The highest BCUT2D eigenvalue weighted by atomic mass is 35.5. The molecule has 0 unspecified atom stereocenters. The van der Waals surface area contributed by atoms with Crippen molar-refractivity contribution in [2.75, 3.05) is 13.1 Å². The third-order valence-electron chi connectivity index (χ3n) is 2.79. The molecule has 2 rings (SSSR count). The molecule has 1 saturated carbocycles. The Bertz CT molecular complexity index is 239. The molecule has 2 atom stereocenters. The van der Waals surface area contributed by atoms with Gasteiger partial charge in [-0.2, -0.15) is 0 Å². The zero-order valence-corrected chi connectivity index (χ0v) is 9.37. The van der Waals surface area contributed by atoms with E-state index < -0.39 is 4.33 Å². The van der Waals surface area contributed by atoms with E-state index in [2.05, 4.69) is 10.6 Å². The van der Waals surface area contributed by atoms with E-state index in [1.54, 1.807) is 0 Å². The van der Waals surface area contributed by atoms with Crippen LogP contribution in [0.15, 0.2) is 0 Å². The molecular formula is C9H14Cl2N2O. The van der Waals surface area contributed by atoms with Gasteiger partial charge in [-0.25, -0.2) is 0 Å². The highest BCUT2D eigenvalue weighted by molar-refractivity contribution is 6.52. The number of carbonyl (C=O) groups is 1. The Morgan fingerprint density at radius 1 is 1.50 bits per heavy atom. The van der Waals surface area contributed by atoms with Crippen molar-refractivity contribution in [2.45, 2.75) is 29.6 Å². The Morgan fingerprint density at radius 2 is 2.21 bits per heavy atom. The predicted octanol–water partition coefficient (Wildman–Crippen LogP) is 1.05. The lowest BCUT2D eigenvalue weighted by Gasteiger charge is -2.23. The molecule has 0 aromatic heterocycles. The molecule has 1 aliphatic heterocycles. The molecule has 2 fully saturated rings. The molecule has 2 aliphatic rings. The summed E-state index contributed by atoms with van der Waals surface area (Å²) in [6.07, 6.45) is 2.74. The van der Waals surface area contributed by atoms with E-state index in [1.165, 1.54) is 0 Å². The number of nitrogens with one attached hydrogen (secondary N) is 2. The first-order valence-electron chi connectivity index (χ1n) is 4.98. The average molecular weight is 237 g/mol. The fourth-order valence-corrected chi connectivity index (χ4v) is 2.28. The van der Waals surface area contributed by atoms with Gasteiger partial charge in [0.15, 0.2) is 0 Å². The number of alkyl halides is 2. The van der Waals surface area contributed by atoms with E-state index in [1.807, 2.05) is 0 Å². The second-order valence-corrected chi connectivity index (χ2v) is 5.61. The van der Waals surface area contributed by atoms with Crippen LogP contribution >= 0.6 is 23.2 Å². The summed E-state index contributed by atoms with van der Waals surface area (Å²) in [4.78, 5) is 11.6. The maximum Gasteiger partial charge on any atom is 0.226 e. The molecule has 14 heavy (non-hydrogen) atoms. The summed E-state index contributed by atoms with van der Waals surface area (Å²) < 4.78 is -0.799. The number of piperidine rings is 1. The molecule has 0 bridgehead atoms. The summed E-state index contributed by atoms with van der Waals surface area (Å²) in [6, 6.07) is 0.251. The number of hydrogen-bond donors (Lipinski definition) is 2. The largest absolute Gasteiger partial charge is 0.352 e. The fourth-order valence-electron chi connectivity index (χ4n) is 1.77. The fraction of sp³-hybridized carbons (Fsp3) is 0.889. The molecule has 1 aliphatic carbocycles. The quantitative estimate of drug-likeness (QED) is 0.705. The van der Waals surface area contributed by atoms with Crippen molar-refractivity contribution in [1.82, 2.24) is 10.6 Å². The zero-order valence-electron chi connectivity index (χ0n) is 7.85. The maximum absolute atomic E-state index is 11.6. The first kappa shape index (κ1) is 10.5. The van der Waals surface area contributed by atoms with Crippen LogP contribution in [0, 0.1) is 5.92 Å². The van der Waals surface area contributed by atoms with Crippen LogP contribution in [0.3, 0.4) is 0 Å². The first-order chi connectivity index (χ1) is 6.59. The molecule has 0 radical (unpaired) electrons. The van der Waals surface area contributed by atoms with Gasteiger partial charge in [0, 0.05) is 12.6 Å². The first-order valence-corrected chi connectivity index (χ1v) is 5.74. The number of carbonyl (C=O) groups excluding carboxylic acids is 1. The molecule has 3 nitrogen and oxygen atoms in total. The predicted molar refractivity (Wildman–Crippen MR) is 56.6 cm³/mol. The minimum absolute atomic E-state index is 0.00343. The topological polar surface area (TPSA) is 41.1 Å². The lowest BCUT2D eigenvalue weighted by Crippen LogP contribution is -2.46. The number of rotatable bonds is 2. The van der Waals surface area contributed by atoms with E-state index in [9.17, 15) is 4.79 Å². The van der Waals surface area contributed by atoms with Crippen molar-refractivity contribution in [2.24, 2.45) is 5.92 Å². The Balaban J connectivity index is 1.77. The van der Waals surface area contributed by atoms with Gasteiger partial charge in [0.2, 0.25) is 5.91 Å². The van der Waals surface area contributed by atoms with E-state index in [-0.39, 0.29) is 17.9 Å². The van der Waals surface area contributed by atoms with Gasteiger partial charge >= 0.3 is 0 Å². The summed E-state index contributed by atoms with van der Waals surface area (Å²) in [5.41, 5.74) is 0. The summed E-state index contributed by atoms with van der Waals surface area (Å²) in [7, 11) is 0. The highest BCUT2D eigenvalue weighted by Gasteiger charge is 2.56. The maximum atomic E-state index is 11.6. The van der Waals surface area contributed by atoms with Gasteiger partial charge in [-0.3, -0.25) is 4.79 Å². The van der Waals surface area contributed by atoms with Gasteiger partial charge in [0.1, 0.15) is 4.33 Å². The van der Waals surface area contributed by atoms with Gasteiger partial charge in [0.05, 0.1) is 5.92 Å². The number of halogens is 2. The molecule has 0 aromatic rings. The SMILES string of the molecule is O=C(N[C@H]1CCCNC1)[C@@H]1CC1(Cl)Cl. The normalized spacial score (nSPS) is 35.0. The van der Waals surface area contributed by atoms with Crippen molar-refractivity contribution in [3.8, 4) is 0 Å². The average Bonchev–Trinajstić information content (AvgIpc) is 2.77. The Kier molecular flexibility index (Phi) is 2.91.